The number of H-pyrrole nitrogens is 1. The second-order valence-electron chi connectivity index (χ2n) is 8.84. The van der Waals surface area contributed by atoms with E-state index in [9.17, 15) is 22.8 Å². The van der Waals surface area contributed by atoms with E-state index in [1.165, 1.54) is 29.2 Å². The molecule has 2 aromatic heterocycles. The average molecular weight is 576 g/mol. The topological polar surface area (TPSA) is 143 Å². The molecule has 2 amide bonds. The van der Waals surface area contributed by atoms with Crippen LogP contribution in [0.15, 0.2) is 107 Å². The normalized spacial score (nSPS) is 12.1. The summed E-state index contributed by atoms with van der Waals surface area (Å²) in [6.45, 7) is -0.169. The molecule has 0 aliphatic rings. The van der Waals surface area contributed by atoms with E-state index < -0.39 is 27.8 Å². The fourth-order valence-electron chi connectivity index (χ4n) is 4.15. The van der Waals surface area contributed by atoms with E-state index in [1.807, 2.05) is 0 Å². The summed E-state index contributed by atoms with van der Waals surface area (Å²) >= 11 is 5.99. The summed E-state index contributed by atoms with van der Waals surface area (Å²) < 4.78 is 29.6. The second kappa shape index (κ2) is 11.2. The number of aromatic nitrogens is 3. The Morgan fingerprint density at radius 3 is 2.48 bits per heavy atom. The van der Waals surface area contributed by atoms with Gasteiger partial charge in [-0.3, -0.25) is 23.9 Å². The fraction of sp³-hybridized carbons (Fsp3) is 0.0714. The van der Waals surface area contributed by atoms with Crippen LogP contribution in [0.2, 0.25) is 5.02 Å². The maximum absolute atomic E-state index is 13.3. The summed E-state index contributed by atoms with van der Waals surface area (Å²) in [5, 5.41) is 3.56. The molecular formula is C28H22ClN5O5S. The molecule has 0 saturated heterocycles. The predicted octanol–water partition coefficient (Wildman–Crippen LogP) is 3.39. The molecule has 0 radical (unpaired) electrons. The molecule has 1 unspecified atom stereocenters. The van der Waals surface area contributed by atoms with Crippen LogP contribution in [0.5, 0.6) is 0 Å². The van der Waals surface area contributed by atoms with Gasteiger partial charge < -0.3 is 10.3 Å². The maximum Gasteiger partial charge on any atom is 0.279 e. The third-order valence-corrected chi connectivity index (χ3v) is 7.71. The van der Waals surface area contributed by atoms with Gasteiger partial charge >= 0.3 is 0 Å². The highest BCUT2D eigenvalue weighted by molar-refractivity contribution is 7.90. The maximum atomic E-state index is 13.3. The van der Waals surface area contributed by atoms with Gasteiger partial charge in [0.25, 0.3) is 21.5 Å². The average Bonchev–Trinajstić information content (AvgIpc) is 3.38. The first-order valence-electron chi connectivity index (χ1n) is 12.0. The molecule has 1 atom stereocenters. The summed E-state index contributed by atoms with van der Waals surface area (Å²) in [5.74, 6) is -2.29. The Morgan fingerprint density at radius 2 is 1.75 bits per heavy atom. The minimum Gasteiger partial charge on any atom is -0.351 e. The number of rotatable bonds is 8. The molecule has 5 rings (SSSR count). The molecule has 40 heavy (non-hydrogen) atoms. The minimum absolute atomic E-state index is 0.169. The molecular weight excluding hydrogens is 554 g/mol. The highest BCUT2D eigenvalue weighted by Gasteiger charge is 2.27. The van der Waals surface area contributed by atoms with E-state index in [4.69, 9.17) is 11.6 Å². The first-order valence-corrected chi connectivity index (χ1v) is 13.9. The van der Waals surface area contributed by atoms with Gasteiger partial charge in [-0.05, 0) is 48.0 Å². The van der Waals surface area contributed by atoms with E-state index in [0.29, 0.717) is 32.7 Å². The lowest BCUT2D eigenvalue weighted by Gasteiger charge is -2.18. The van der Waals surface area contributed by atoms with Crippen LogP contribution in [0.4, 0.5) is 0 Å². The van der Waals surface area contributed by atoms with Crippen LogP contribution in [-0.2, 0) is 14.8 Å². The van der Waals surface area contributed by atoms with Crippen LogP contribution in [0.1, 0.15) is 21.8 Å². The van der Waals surface area contributed by atoms with Gasteiger partial charge in [0, 0.05) is 46.1 Å². The van der Waals surface area contributed by atoms with Crippen molar-refractivity contribution in [1.82, 2.24) is 24.6 Å². The number of carbonyl (C=O) groups is 2. The smallest absolute Gasteiger partial charge is 0.279 e. The zero-order valence-corrected chi connectivity index (χ0v) is 22.3. The summed E-state index contributed by atoms with van der Waals surface area (Å²) in [6.07, 6.45) is 4.17. The van der Waals surface area contributed by atoms with Crippen LogP contribution in [0.3, 0.4) is 0 Å². The number of sulfonamides is 1. The van der Waals surface area contributed by atoms with Gasteiger partial charge in [0.15, 0.2) is 5.03 Å². The molecule has 5 aromatic rings. The van der Waals surface area contributed by atoms with Crippen LogP contribution < -0.4 is 15.6 Å². The van der Waals surface area contributed by atoms with Crippen LogP contribution in [0.25, 0.3) is 16.6 Å². The van der Waals surface area contributed by atoms with Crippen LogP contribution in [0, 0.1) is 0 Å². The van der Waals surface area contributed by atoms with E-state index >= 15 is 0 Å². The molecule has 10 nitrogen and oxygen atoms in total. The van der Waals surface area contributed by atoms with Crippen molar-refractivity contribution >= 4 is 44.3 Å². The number of carbonyl (C=O) groups excluding carboxylic acids is 2. The lowest BCUT2D eigenvalue weighted by atomic mass is 9.98. The van der Waals surface area contributed by atoms with Crippen molar-refractivity contribution in [2.45, 2.75) is 10.9 Å². The zero-order valence-electron chi connectivity index (χ0n) is 20.7. The third kappa shape index (κ3) is 5.80. The standard InChI is InChI=1S/C28H22ClN5O5S/c29-21-9-6-20-14-25(32-24(20)15-21)40(38,39)33-28(37)23(18-4-2-1-3-5-18)16-31-27(36)19-7-10-22(11-8-19)34-13-12-30-17-26(34)35/h1-15,17,23,32H,16H2,(H,31,36)(H,33,37). The second-order valence-corrected chi connectivity index (χ2v) is 10.9. The van der Waals surface area contributed by atoms with Gasteiger partial charge in [-0.2, -0.15) is 8.42 Å². The van der Waals surface area contributed by atoms with Crippen molar-refractivity contribution in [3.05, 3.63) is 124 Å². The number of aromatic amines is 1. The number of fused-ring (bicyclic) bond motifs is 1. The molecule has 0 bridgehead atoms. The minimum atomic E-state index is -4.26. The third-order valence-electron chi connectivity index (χ3n) is 6.20. The molecule has 12 heteroatoms. The molecule has 3 N–H and O–H groups in total. The van der Waals surface area contributed by atoms with Gasteiger partial charge in [0.05, 0.1) is 12.1 Å². The van der Waals surface area contributed by atoms with Gasteiger partial charge in [0.1, 0.15) is 0 Å². The van der Waals surface area contributed by atoms with Gasteiger partial charge in [0.2, 0.25) is 5.91 Å². The molecule has 2 heterocycles. The van der Waals surface area contributed by atoms with Gasteiger partial charge in [-0.15, -0.1) is 0 Å². The number of halogens is 1. The Kier molecular flexibility index (Phi) is 7.50. The van der Waals surface area contributed by atoms with Crippen molar-refractivity contribution in [2.75, 3.05) is 6.54 Å². The number of hydrogen-bond donors (Lipinski definition) is 3. The molecule has 3 aromatic carbocycles. The van der Waals surface area contributed by atoms with Crippen LogP contribution >= 0.6 is 11.6 Å². The predicted molar refractivity (Wildman–Crippen MR) is 150 cm³/mol. The first kappa shape index (κ1) is 26.9. The molecule has 0 spiro atoms. The quantitative estimate of drug-likeness (QED) is 0.259. The van der Waals surface area contributed by atoms with E-state index in [2.05, 4.69) is 20.0 Å². The lowest BCUT2D eigenvalue weighted by Crippen LogP contribution is -2.40. The van der Waals surface area contributed by atoms with E-state index in [-0.39, 0.29) is 17.1 Å². The monoisotopic (exact) mass is 575 g/mol. The van der Waals surface area contributed by atoms with E-state index in [1.54, 1.807) is 72.8 Å². The number of nitrogens with zero attached hydrogens (tertiary/aromatic N) is 2. The first-order chi connectivity index (χ1) is 19.2. The number of amides is 2. The summed E-state index contributed by atoms with van der Waals surface area (Å²) in [6, 6.07) is 21.1. The van der Waals surface area contributed by atoms with Crippen molar-refractivity contribution in [3.63, 3.8) is 0 Å². The summed E-state index contributed by atoms with van der Waals surface area (Å²) in [5.41, 5.74) is 1.55. The van der Waals surface area contributed by atoms with Crippen molar-refractivity contribution < 1.29 is 18.0 Å². The summed E-state index contributed by atoms with van der Waals surface area (Å²) in [4.78, 5) is 44.7. The van der Waals surface area contributed by atoms with Gasteiger partial charge in [-0.1, -0.05) is 48.0 Å². The molecule has 0 aliphatic heterocycles. The largest absolute Gasteiger partial charge is 0.351 e. The Hall–Kier alpha value is -4.74. The number of nitrogens with one attached hydrogen (secondary N) is 3. The molecule has 0 fully saturated rings. The van der Waals surface area contributed by atoms with Crippen molar-refractivity contribution in [1.29, 1.82) is 0 Å². The molecule has 0 aliphatic carbocycles. The van der Waals surface area contributed by atoms with Crippen LogP contribution in [-0.4, -0.2) is 41.3 Å². The number of hydrogen-bond acceptors (Lipinski definition) is 6. The molecule has 0 saturated carbocycles. The highest BCUT2D eigenvalue weighted by atomic mass is 35.5. The zero-order chi connectivity index (χ0) is 28.3. The van der Waals surface area contributed by atoms with E-state index in [0.717, 1.165) is 0 Å². The van der Waals surface area contributed by atoms with Crippen molar-refractivity contribution in [2.24, 2.45) is 0 Å². The lowest BCUT2D eigenvalue weighted by molar-refractivity contribution is -0.120. The fourth-order valence-corrected chi connectivity index (χ4v) is 5.37. The Morgan fingerprint density at radius 1 is 1.00 bits per heavy atom. The van der Waals surface area contributed by atoms with Crippen molar-refractivity contribution in [3.8, 4) is 5.69 Å². The Balaban J connectivity index is 1.32. The Labute approximate surface area is 233 Å². The SMILES string of the molecule is O=C(NCC(C(=O)NS(=O)(=O)c1cc2ccc(Cl)cc2[nH]1)c1ccccc1)c1ccc(-n2ccncc2=O)cc1. The molecule has 202 valence electrons. The number of benzene rings is 3. The summed E-state index contributed by atoms with van der Waals surface area (Å²) in [7, 11) is -4.26. The Bertz CT molecular complexity index is 1870. The van der Waals surface area contributed by atoms with Gasteiger partial charge in [-0.25, -0.2) is 4.72 Å². The highest BCUT2D eigenvalue weighted by Crippen LogP contribution is 2.23.